The Labute approximate surface area is 201 Å². The molecule has 1 aliphatic rings. The van der Waals surface area contributed by atoms with E-state index in [2.05, 4.69) is 44.4 Å². The monoisotopic (exact) mass is 484 g/mol. The van der Waals surface area contributed by atoms with Crippen LogP contribution in [0, 0.1) is 6.92 Å². The van der Waals surface area contributed by atoms with E-state index in [0.717, 1.165) is 50.3 Å². The number of hydrogen-bond donors (Lipinski definition) is 0. The molecule has 10 heteroatoms. The van der Waals surface area contributed by atoms with E-state index >= 15 is 0 Å². The minimum Gasteiger partial charge on any atom is -0.497 e. The van der Waals surface area contributed by atoms with E-state index < -0.39 is 9.84 Å². The van der Waals surface area contributed by atoms with E-state index in [4.69, 9.17) is 4.74 Å². The van der Waals surface area contributed by atoms with Crippen molar-refractivity contribution >= 4 is 15.5 Å². The van der Waals surface area contributed by atoms with Crippen molar-refractivity contribution in [2.24, 2.45) is 0 Å². The summed E-state index contributed by atoms with van der Waals surface area (Å²) < 4.78 is 32.8. The molecule has 1 aromatic heterocycles. The van der Waals surface area contributed by atoms with Gasteiger partial charge < -0.3 is 9.64 Å². The highest BCUT2D eigenvalue weighted by molar-refractivity contribution is 7.90. The zero-order valence-electron chi connectivity index (χ0n) is 20.0. The van der Waals surface area contributed by atoms with Gasteiger partial charge in [0, 0.05) is 31.9 Å². The second-order valence-electron chi connectivity index (χ2n) is 8.62. The molecule has 0 aliphatic carbocycles. The average Bonchev–Trinajstić information content (AvgIpc) is 3.30. The van der Waals surface area contributed by atoms with Crippen LogP contribution in [0.3, 0.4) is 0 Å². The molecule has 182 valence electrons. The molecule has 0 amide bonds. The summed E-state index contributed by atoms with van der Waals surface area (Å²) in [6, 6.07) is 14.9. The summed E-state index contributed by atoms with van der Waals surface area (Å²) >= 11 is 0. The van der Waals surface area contributed by atoms with Crippen LogP contribution in [0.4, 0.5) is 5.69 Å². The van der Waals surface area contributed by atoms with Gasteiger partial charge in [-0.25, -0.2) is 13.1 Å². The lowest BCUT2D eigenvalue weighted by molar-refractivity contribution is 0.165. The Hall–Kier alpha value is -2.98. The Morgan fingerprint density at radius 3 is 2.29 bits per heavy atom. The van der Waals surface area contributed by atoms with Crippen LogP contribution >= 0.6 is 0 Å². The zero-order chi connectivity index (χ0) is 24.1. The van der Waals surface area contributed by atoms with Gasteiger partial charge >= 0.3 is 0 Å². The van der Waals surface area contributed by atoms with E-state index in [9.17, 15) is 8.42 Å². The highest BCUT2D eigenvalue weighted by Gasteiger charge is 2.30. The van der Waals surface area contributed by atoms with Crippen molar-refractivity contribution in [2.75, 3.05) is 38.2 Å². The van der Waals surface area contributed by atoms with Crippen LogP contribution in [0.15, 0.2) is 53.4 Å². The molecule has 0 radical (unpaired) electrons. The minimum atomic E-state index is -3.57. The molecule has 34 heavy (non-hydrogen) atoms. The molecule has 9 nitrogen and oxygen atoms in total. The predicted molar refractivity (Wildman–Crippen MR) is 131 cm³/mol. The van der Waals surface area contributed by atoms with Crippen molar-refractivity contribution in [3.63, 3.8) is 0 Å². The van der Waals surface area contributed by atoms with E-state index in [1.165, 1.54) is 10.4 Å². The van der Waals surface area contributed by atoms with E-state index in [1.54, 1.807) is 31.4 Å². The van der Waals surface area contributed by atoms with Crippen molar-refractivity contribution in [1.29, 1.82) is 0 Å². The van der Waals surface area contributed by atoms with Crippen molar-refractivity contribution in [2.45, 2.75) is 43.5 Å². The summed E-state index contributed by atoms with van der Waals surface area (Å²) in [4.78, 5) is 4.99. The summed E-state index contributed by atoms with van der Waals surface area (Å²) in [7, 11) is -1.90. The molecule has 3 aromatic rings. The predicted octanol–water partition coefficient (Wildman–Crippen LogP) is 3.08. The van der Waals surface area contributed by atoms with Crippen LogP contribution < -0.4 is 9.64 Å². The van der Waals surface area contributed by atoms with Gasteiger partial charge in [0.15, 0.2) is 21.5 Å². The van der Waals surface area contributed by atoms with Crippen LogP contribution in [0.1, 0.15) is 37.2 Å². The number of rotatable bonds is 9. The summed E-state index contributed by atoms with van der Waals surface area (Å²) in [6.07, 6.45) is 1.80. The number of methoxy groups -OCH3 is 1. The molecule has 2 heterocycles. The minimum absolute atomic E-state index is 0.0359. The molecular weight excluding hydrogens is 452 g/mol. The molecule has 4 rings (SSSR count). The third-order valence-corrected chi connectivity index (χ3v) is 7.86. The maximum atomic E-state index is 13.0. The fraction of sp³-hybridized carbons (Fsp3) is 0.458. The number of tetrazole rings is 1. The first-order valence-corrected chi connectivity index (χ1v) is 13.2. The molecule has 0 unspecified atom stereocenters. The maximum Gasteiger partial charge on any atom is 0.198 e. The molecule has 0 bridgehead atoms. The first-order chi connectivity index (χ1) is 16.4. The lowest BCUT2D eigenvalue weighted by Gasteiger charge is -2.39. The highest BCUT2D eigenvalue weighted by atomic mass is 32.2. The molecule has 1 aliphatic heterocycles. The van der Waals surface area contributed by atoms with E-state index in [1.807, 2.05) is 19.1 Å². The normalized spacial score (nSPS) is 15.9. The quantitative estimate of drug-likeness (QED) is 0.457. The van der Waals surface area contributed by atoms with Crippen molar-refractivity contribution in [3.8, 4) is 5.75 Å². The molecule has 1 saturated heterocycles. The van der Waals surface area contributed by atoms with Gasteiger partial charge in [0.1, 0.15) is 5.75 Å². The van der Waals surface area contributed by atoms with Crippen molar-refractivity contribution in [1.82, 2.24) is 25.1 Å². The number of hydrogen-bond acceptors (Lipinski definition) is 8. The van der Waals surface area contributed by atoms with Gasteiger partial charge in [-0.1, -0.05) is 31.0 Å². The molecule has 0 saturated carbocycles. The summed E-state index contributed by atoms with van der Waals surface area (Å²) in [5, 5.41) is 12.2. The summed E-state index contributed by atoms with van der Waals surface area (Å²) in [6.45, 7) is 7.48. The van der Waals surface area contributed by atoms with Crippen LogP contribution in [0.2, 0.25) is 0 Å². The standard InChI is InChI=1S/C24H32N6O3S/c1-4-5-23(29-16-14-28(15-17-29)20-8-10-21(33-3)11-9-20)24-25-26-27-30(24)18-34(31,32)22-12-6-19(2)7-13-22/h6-13,23H,4-5,14-18H2,1-3H3/t23-/m0/s1. The summed E-state index contributed by atoms with van der Waals surface area (Å²) in [5.74, 6) is 1.18. The maximum absolute atomic E-state index is 13.0. The number of nitrogens with zero attached hydrogens (tertiary/aromatic N) is 6. The first-order valence-electron chi connectivity index (χ1n) is 11.6. The van der Waals surface area contributed by atoms with Crippen LogP contribution in [-0.2, 0) is 15.7 Å². The zero-order valence-corrected chi connectivity index (χ0v) is 20.8. The van der Waals surface area contributed by atoms with Crippen molar-refractivity contribution in [3.05, 3.63) is 59.9 Å². The van der Waals surface area contributed by atoms with Gasteiger partial charge in [0.05, 0.1) is 18.0 Å². The number of anilines is 1. The topological polar surface area (TPSA) is 93.5 Å². The Morgan fingerprint density at radius 1 is 1.00 bits per heavy atom. The summed E-state index contributed by atoms with van der Waals surface area (Å²) in [5.41, 5.74) is 2.18. The average molecular weight is 485 g/mol. The van der Waals surface area contributed by atoms with Gasteiger partial charge in [-0.15, -0.1) is 5.10 Å². The number of benzene rings is 2. The van der Waals surface area contributed by atoms with Gasteiger partial charge in [-0.3, -0.25) is 4.90 Å². The number of aryl methyl sites for hydroxylation is 1. The smallest absolute Gasteiger partial charge is 0.198 e. The number of sulfone groups is 1. The van der Waals surface area contributed by atoms with Gasteiger partial charge in [-0.2, -0.15) is 0 Å². The first kappa shape index (κ1) is 24.2. The SMILES string of the molecule is CCC[C@@H](c1nnnn1CS(=O)(=O)c1ccc(C)cc1)N1CCN(c2ccc(OC)cc2)CC1. The molecule has 1 atom stereocenters. The molecule has 0 spiro atoms. The third kappa shape index (κ3) is 5.39. The van der Waals surface area contributed by atoms with Crippen LogP contribution in [0.5, 0.6) is 5.75 Å². The second kappa shape index (κ2) is 10.5. The Bertz CT molecular complexity index is 1170. The van der Waals surface area contributed by atoms with E-state index in [-0.39, 0.29) is 16.8 Å². The van der Waals surface area contributed by atoms with E-state index in [0.29, 0.717) is 5.82 Å². The number of piperazine rings is 1. The largest absolute Gasteiger partial charge is 0.497 e. The highest BCUT2D eigenvalue weighted by Crippen LogP contribution is 2.28. The van der Waals surface area contributed by atoms with Gasteiger partial charge in [-0.05, 0) is 60.2 Å². The van der Waals surface area contributed by atoms with Crippen LogP contribution in [-0.4, -0.2) is 66.8 Å². The second-order valence-corrected chi connectivity index (χ2v) is 10.6. The third-order valence-electron chi connectivity index (χ3n) is 6.28. The molecule has 2 aromatic carbocycles. The molecule has 1 fully saturated rings. The number of aromatic nitrogens is 4. The Morgan fingerprint density at radius 2 is 1.68 bits per heavy atom. The Kier molecular flexibility index (Phi) is 7.47. The fourth-order valence-electron chi connectivity index (χ4n) is 4.36. The lowest BCUT2D eigenvalue weighted by atomic mass is 10.1. The lowest BCUT2D eigenvalue weighted by Crippen LogP contribution is -2.48. The number of ether oxygens (including phenoxy) is 1. The fourth-order valence-corrected chi connectivity index (χ4v) is 5.56. The van der Waals surface area contributed by atoms with Gasteiger partial charge in [0.2, 0.25) is 0 Å². The molecular formula is C24H32N6O3S. The Balaban J connectivity index is 1.48. The van der Waals surface area contributed by atoms with Gasteiger partial charge in [0.25, 0.3) is 0 Å². The van der Waals surface area contributed by atoms with Crippen molar-refractivity contribution < 1.29 is 13.2 Å². The molecule has 0 N–H and O–H groups in total. The van der Waals surface area contributed by atoms with Crippen LogP contribution in [0.25, 0.3) is 0 Å².